The molecule has 1 amide bonds. The molecule has 0 heterocycles. The van der Waals surface area contributed by atoms with Gasteiger partial charge >= 0.3 is 0 Å². The van der Waals surface area contributed by atoms with Crippen molar-refractivity contribution in [3.63, 3.8) is 0 Å². The highest BCUT2D eigenvalue weighted by atomic mass is 16.5. The van der Waals surface area contributed by atoms with Crippen LogP contribution in [0.25, 0.3) is 0 Å². The number of hydrogen-bond donors (Lipinski definition) is 3. The molecular weight excluding hydrogens is 218 g/mol. The van der Waals surface area contributed by atoms with Crippen LogP contribution < -0.4 is 16.8 Å². The van der Waals surface area contributed by atoms with E-state index in [1.807, 2.05) is 30.3 Å². The van der Waals surface area contributed by atoms with E-state index in [0.29, 0.717) is 19.7 Å². The summed E-state index contributed by atoms with van der Waals surface area (Å²) in [7, 11) is 0. The zero-order valence-electron chi connectivity index (χ0n) is 9.76. The number of carbonyl (C=O) groups excluding carboxylic acids is 1. The van der Waals surface area contributed by atoms with Crippen molar-refractivity contribution in [1.29, 1.82) is 0 Å². The molecule has 0 aliphatic rings. The average Bonchev–Trinajstić information content (AvgIpc) is 2.37. The van der Waals surface area contributed by atoms with Gasteiger partial charge in [0.15, 0.2) is 0 Å². The summed E-state index contributed by atoms with van der Waals surface area (Å²) < 4.78 is 5.37. The third kappa shape index (κ3) is 5.44. The molecule has 1 rings (SSSR count). The van der Waals surface area contributed by atoms with E-state index >= 15 is 0 Å². The molecule has 0 aliphatic heterocycles. The largest absolute Gasteiger partial charge is 0.375 e. The Kier molecular flexibility index (Phi) is 6.24. The molecule has 0 spiro atoms. The van der Waals surface area contributed by atoms with Gasteiger partial charge in [-0.15, -0.1) is 0 Å². The predicted octanol–water partition coefficient (Wildman–Crippen LogP) is -0.395. The van der Waals surface area contributed by atoms with Crippen LogP contribution in [0.2, 0.25) is 0 Å². The Morgan fingerprint density at radius 1 is 1.35 bits per heavy atom. The van der Waals surface area contributed by atoms with Gasteiger partial charge in [-0.1, -0.05) is 30.3 Å². The number of benzene rings is 1. The van der Waals surface area contributed by atoms with Crippen molar-refractivity contribution in [3.8, 4) is 0 Å². The van der Waals surface area contributed by atoms with Gasteiger partial charge in [-0.2, -0.15) is 0 Å². The number of rotatable bonds is 7. The first-order valence-electron chi connectivity index (χ1n) is 5.59. The molecule has 0 saturated heterocycles. The standard InChI is InChI=1S/C12H19N3O2/c13-6-7-15-12(16)11(14)9-17-8-10-4-2-1-3-5-10/h1-5,11H,6-9,13-14H2,(H,15,16). The predicted molar refractivity (Wildman–Crippen MR) is 66.1 cm³/mol. The van der Waals surface area contributed by atoms with Gasteiger partial charge in [0.1, 0.15) is 6.04 Å². The molecule has 0 saturated carbocycles. The van der Waals surface area contributed by atoms with Crippen LogP contribution in [0.3, 0.4) is 0 Å². The monoisotopic (exact) mass is 237 g/mol. The van der Waals surface area contributed by atoms with Gasteiger partial charge in [0.05, 0.1) is 13.2 Å². The number of carbonyl (C=O) groups is 1. The summed E-state index contributed by atoms with van der Waals surface area (Å²) in [5, 5.41) is 2.61. The highest BCUT2D eigenvalue weighted by molar-refractivity contribution is 5.81. The van der Waals surface area contributed by atoms with E-state index in [1.165, 1.54) is 0 Å². The van der Waals surface area contributed by atoms with Crippen LogP contribution >= 0.6 is 0 Å². The molecule has 1 atom stereocenters. The van der Waals surface area contributed by atoms with E-state index in [9.17, 15) is 4.79 Å². The van der Waals surface area contributed by atoms with E-state index < -0.39 is 6.04 Å². The van der Waals surface area contributed by atoms with Crippen LogP contribution in [-0.4, -0.2) is 31.6 Å². The summed E-state index contributed by atoms with van der Waals surface area (Å²) in [6.07, 6.45) is 0. The second kappa shape index (κ2) is 7.78. The molecule has 1 unspecified atom stereocenters. The van der Waals surface area contributed by atoms with Gasteiger partial charge in [-0.25, -0.2) is 0 Å². The molecule has 0 radical (unpaired) electrons. The first-order chi connectivity index (χ1) is 8.24. The van der Waals surface area contributed by atoms with Crippen LogP contribution in [0.15, 0.2) is 30.3 Å². The van der Waals surface area contributed by atoms with Gasteiger partial charge in [-0.3, -0.25) is 4.79 Å². The molecule has 5 N–H and O–H groups in total. The lowest BCUT2D eigenvalue weighted by molar-refractivity contribution is -0.123. The topological polar surface area (TPSA) is 90.4 Å². The Bertz CT molecular complexity index is 330. The molecule has 0 fully saturated rings. The first kappa shape index (κ1) is 13.6. The summed E-state index contributed by atoms with van der Waals surface area (Å²) in [6, 6.07) is 9.08. The molecule has 17 heavy (non-hydrogen) atoms. The average molecular weight is 237 g/mol. The summed E-state index contributed by atoms with van der Waals surface area (Å²) in [5.41, 5.74) is 12.0. The maximum atomic E-state index is 11.4. The molecular formula is C12H19N3O2. The minimum Gasteiger partial charge on any atom is -0.375 e. The Balaban J connectivity index is 2.20. The van der Waals surface area contributed by atoms with Crippen molar-refractivity contribution in [2.45, 2.75) is 12.6 Å². The van der Waals surface area contributed by atoms with Gasteiger partial charge in [0, 0.05) is 13.1 Å². The van der Waals surface area contributed by atoms with E-state index in [1.54, 1.807) is 0 Å². The lowest BCUT2D eigenvalue weighted by Crippen LogP contribution is -2.45. The molecule has 0 aliphatic carbocycles. The van der Waals surface area contributed by atoms with Crippen LogP contribution in [0, 0.1) is 0 Å². The van der Waals surface area contributed by atoms with E-state index in [2.05, 4.69) is 5.32 Å². The second-order valence-corrected chi connectivity index (χ2v) is 3.69. The van der Waals surface area contributed by atoms with Crippen molar-refractivity contribution in [2.75, 3.05) is 19.7 Å². The van der Waals surface area contributed by atoms with Crippen molar-refractivity contribution in [1.82, 2.24) is 5.32 Å². The highest BCUT2D eigenvalue weighted by Crippen LogP contribution is 2.00. The Morgan fingerprint density at radius 2 is 2.06 bits per heavy atom. The Morgan fingerprint density at radius 3 is 2.71 bits per heavy atom. The van der Waals surface area contributed by atoms with E-state index in [4.69, 9.17) is 16.2 Å². The van der Waals surface area contributed by atoms with Crippen molar-refractivity contribution in [2.24, 2.45) is 11.5 Å². The van der Waals surface area contributed by atoms with Gasteiger partial charge < -0.3 is 21.5 Å². The number of hydrogen-bond acceptors (Lipinski definition) is 4. The molecule has 94 valence electrons. The number of ether oxygens (including phenoxy) is 1. The van der Waals surface area contributed by atoms with E-state index in [0.717, 1.165) is 5.56 Å². The second-order valence-electron chi connectivity index (χ2n) is 3.69. The van der Waals surface area contributed by atoms with Gasteiger partial charge in [0.25, 0.3) is 0 Å². The summed E-state index contributed by atoms with van der Waals surface area (Å²) >= 11 is 0. The number of nitrogens with two attached hydrogens (primary N) is 2. The fraction of sp³-hybridized carbons (Fsp3) is 0.417. The third-order valence-corrected chi connectivity index (χ3v) is 2.19. The summed E-state index contributed by atoms with van der Waals surface area (Å²) in [5.74, 6) is -0.233. The van der Waals surface area contributed by atoms with Crippen LogP contribution in [0.5, 0.6) is 0 Å². The lowest BCUT2D eigenvalue weighted by atomic mass is 10.2. The fourth-order valence-corrected chi connectivity index (χ4v) is 1.28. The van der Waals surface area contributed by atoms with Crippen LogP contribution in [0.1, 0.15) is 5.56 Å². The Labute approximate surface area is 101 Å². The quantitative estimate of drug-likeness (QED) is 0.602. The SMILES string of the molecule is NCCNC(=O)C(N)COCc1ccccc1. The maximum Gasteiger partial charge on any atom is 0.239 e. The molecule has 5 nitrogen and oxygen atoms in total. The zero-order valence-corrected chi connectivity index (χ0v) is 9.76. The van der Waals surface area contributed by atoms with Crippen molar-refractivity contribution < 1.29 is 9.53 Å². The van der Waals surface area contributed by atoms with Crippen LogP contribution in [0.4, 0.5) is 0 Å². The zero-order chi connectivity index (χ0) is 12.5. The number of amides is 1. The molecule has 0 bridgehead atoms. The normalized spacial score (nSPS) is 12.1. The molecule has 1 aromatic rings. The van der Waals surface area contributed by atoms with Crippen molar-refractivity contribution >= 4 is 5.91 Å². The van der Waals surface area contributed by atoms with Crippen LogP contribution in [-0.2, 0) is 16.1 Å². The highest BCUT2D eigenvalue weighted by Gasteiger charge is 2.12. The lowest BCUT2D eigenvalue weighted by Gasteiger charge is -2.12. The fourth-order valence-electron chi connectivity index (χ4n) is 1.28. The Hall–Kier alpha value is -1.43. The smallest absolute Gasteiger partial charge is 0.239 e. The first-order valence-corrected chi connectivity index (χ1v) is 5.59. The molecule has 0 aromatic heterocycles. The summed E-state index contributed by atoms with van der Waals surface area (Å²) in [6.45, 7) is 1.50. The van der Waals surface area contributed by atoms with Crippen molar-refractivity contribution in [3.05, 3.63) is 35.9 Å². The minimum atomic E-state index is -0.648. The summed E-state index contributed by atoms with van der Waals surface area (Å²) in [4.78, 5) is 11.4. The van der Waals surface area contributed by atoms with Gasteiger partial charge in [-0.05, 0) is 5.56 Å². The molecule has 5 heteroatoms. The van der Waals surface area contributed by atoms with E-state index in [-0.39, 0.29) is 12.5 Å². The maximum absolute atomic E-state index is 11.4. The minimum absolute atomic E-state index is 0.200. The third-order valence-electron chi connectivity index (χ3n) is 2.19. The van der Waals surface area contributed by atoms with Gasteiger partial charge in [0.2, 0.25) is 5.91 Å². The number of nitrogens with one attached hydrogen (secondary N) is 1. The molecule has 1 aromatic carbocycles.